The van der Waals surface area contributed by atoms with Crippen LogP contribution in [0.5, 0.6) is 5.75 Å². The minimum absolute atomic E-state index is 0.318. The summed E-state index contributed by atoms with van der Waals surface area (Å²) in [6.07, 6.45) is 1.45. The van der Waals surface area contributed by atoms with Crippen molar-refractivity contribution in [3.05, 3.63) is 35.7 Å². The molecule has 0 spiro atoms. The number of nitrogens with zero attached hydrogens (tertiary/aromatic N) is 2. The average molecular weight is 260 g/mol. The molecule has 1 aromatic carbocycles. The Balaban J connectivity index is 2.31. The highest BCUT2D eigenvalue weighted by atomic mass is 16.5. The van der Waals surface area contributed by atoms with E-state index in [-0.39, 0.29) is 5.91 Å². The molecule has 0 saturated heterocycles. The van der Waals surface area contributed by atoms with Gasteiger partial charge in [-0.1, -0.05) is 6.07 Å². The molecule has 2 rings (SSSR count). The zero-order valence-electron chi connectivity index (χ0n) is 11.1. The van der Waals surface area contributed by atoms with E-state index in [9.17, 15) is 4.79 Å². The summed E-state index contributed by atoms with van der Waals surface area (Å²) in [5.74, 6) is 0.279. The van der Waals surface area contributed by atoms with Gasteiger partial charge in [0.1, 0.15) is 11.4 Å². The molecule has 1 heterocycles. The number of aryl methyl sites for hydroxylation is 2. The second-order valence-corrected chi connectivity index (χ2v) is 4.23. The van der Waals surface area contributed by atoms with Gasteiger partial charge in [-0.2, -0.15) is 5.10 Å². The number of hydrogen-bond acceptors (Lipinski definition) is 4. The Morgan fingerprint density at radius 1 is 1.47 bits per heavy atom. The fourth-order valence-corrected chi connectivity index (χ4v) is 1.83. The summed E-state index contributed by atoms with van der Waals surface area (Å²) < 4.78 is 6.65. The molecular formula is C13H16N4O2. The normalized spacial score (nSPS) is 10.3. The molecule has 2 aromatic rings. The molecular weight excluding hydrogens is 244 g/mol. The van der Waals surface area contributed by atoms with E-state index in [1.165, 1.54) is 10.9 Å². The number of carbonyl (C=O) groups is 1. The fourth-order valence-electron chi connectivity index (χ4n) is 1.83. The number of carbonyl (C=O) groups excluding carboxylic acids is 1. The summed E-state index contributed by atoms with van der Waals surface area (Å²) in [6.45, 7) is 1.94. The summed E-state index contributed by atoms with van der Waals surface area (Å²) >= 11 is 0. The van der Waals surface area contributed by atoms with Crippen LogP contribution in [0.15, 0.2) is 24.4 Å². The molecule has 6 heteroatoms. The Bertz CT molecular complexity index is 600. The van der Waals surface area contributed by atoms with Crippen molar-refractivity contribution in [3.8, 4) is 5.75 Å². The van der Waals surface area contributed by atoms with Crippen molar-refractivity contribution < 1.29 is 9.53 Å². The number of benzene rings is 1. The fraction of sp³-hybridized carbons (Fsp3) is 0.231. The van der Waals surface area contributed by atoms with Crippen molar-refractivity contribution in [2.75, 3.05) is 18.2 Å². The minimum atomic E-state index is -0.318. The standard InChI is InChI=1S/C13H16N4O2/c1-8-4-5-11(19-3)10(6-8)16-13(18)12-9(14)7-15-17(12)2/h4-7H,14H2,1-3H3,(H,16,18). The number of hydrogen-bond donors (Lipinski definition) is 2. The Kier molecular flexibility index (Phi) is 3.41. The van der Waals surface area contributed by atoms with E-state index in [1.54, 1.807) is 20.2 Å². The average Bonchev–Trinajstić information content (AvgIpc) is 2.69. The predicted octanol–water partition coefficient (Wildman–Crippen LogP) is 1.57. The molecule has 0 aliphatic carbocycles. The lowest BCUT2D eigenvalue weighted by Gasteiger charge is -2.11. The lowest BCUT2D eigenvalue weighted by atomic mass is 10.2. The van der Waals surface area contributed by atoms with E-state index >= 15 is 0 Å². The number of ether oxygens (including phenoxy) is 1. The third-order valence-electron chi connectivity index (χ3n) is 2.79. The monoisotopic (exact) mass is 260 g/mol. The number of nitrogens with two attached hydrogens (primary N) is 1. The van der Waals surface area contributed by atoms with Gasteiger partial charge in [0, 0.05) is 7.05 Å². The van der Waals surface area contributed by atoms with Gasteiger partial charge in [0.25, 0.3) is 5.91 Å². The van der Waals surface area contributed by atoms with Crippen LogP contribution in [0.3, 0.4) is 0 Å². The van der Waals surface area contributed by atoms with E-state index < -0.39 is 0 Å². The van der Waals surface area contributed by atoms with Crippen LogP contribution in [0, 0.1) is 6.92 Å². The molecule has 0 bridgehead atoms. The SMILES string of the molecule is COc1ccc(C)cc1NC(=O)c1c(N)cnn1C. The van der Waals surface area contributed by atoms with Crippen molar-refractivity contribution in [2.45, 2.75) is 6.92 Å². The predicted molar refractivity (Wildman–Crippen MR) is 73.3 cm³/mol. The van der Waals surface area contributed by atoms with E-state index in [4.69, 9.17) is 10.5 Å². The molecule has 19 heavy (non-hydrogen) atoms. The number of anilines is 2. The first-order valence-corrected chi connectivity index (χ1v) is 5.76. The van der Waals surface area contributed by atoms with Crippen molar-refractivity contribution in [1.82, 2.24) is 9.78 Å². The van der Waals surface area contributed by atoms with Crippen LogP contribution >= 0.6 is 0 Å². The van der Waals surface area contributed by atoms with Crippen molar-refractivity contribution >= 4 is 17.3 Å². The highest BCUT2D eigenvalue weighted by Gasteiger charge is 2.16. The molecule has 0 radical (unpaired) electrons. The maximum absolute atomic E-state index is 12.2. The molecule has 1 aromatic heterocycles. The number of nitrogens with one attached hydrogen (secondary N) is 1. The van der Waals surface area contributed by atoms with Gasteiger partial charge in [-0.05, 0) is 24.6 Å². The molecule has 6 nitrogen and oxygen atoms in total. The Hall–Kier alpha value is -2.50. The molecule has 0 fully saturated rings. The van der Waals surface area contributed by atoms with E-state index in [0.29, 0.717) is 22.8 Å². The first kappa shape index (κ1) is 12.9. The molecule has 100 valence electrons. The topological polar surface area (TPSA) is 82.2 Å². The smallest absolute Gasteiger partial charge is 0.276 e. The van der Waals surface area contributed by atoms with E-state index in [1.807, 2.05) is 19.1 Å². The van der Waals surface area contributed by atoms with Crippen molar-refractivity contribution in [2.24, 2.45) is 7.05 Å². The second kappa shape index (κ2) is 5.01. The van der Waals surface area contributed by atoms with Gasteiger partial charge < -0.3 is 15.8 Å². The van der Waals surface area contributed by atoms with Crippen LogP contribution in [0.4, 0.5) is 11.4 Å². The van der Waals surface area contributed by atoms with Gasteiger partial charge in [0.05, 0.1) is 24.7 Å². The molecule has 0 aliphatic rings. The van der Waals surface area contributed by atoms with Crippen LogP contribution in [0.2, 0.25) is 0 Å². The molecule has 0 atom stereocenters. The summed E-state index contributed by atoms with van der Waals surface area (Å²) in [5.41, 5.74) is 8.01. The van der Waals surface area contributed by atoms with Crippen molar-refractivity contribution in [3.63, 3.8) is 0 Å². The van der Waals surface area contributed by atoms with Gasteiger partial charge in [0.15, 0.2) is 0 Å². The largest absolute Gasteiger partial charge is 0.495 e. The van der Waals surface area contributed by atoms with Crippen LogP contribution in [-0.4, -0.2) is 22.8 Å². The zero-order valence-corrected chi connectivity index (χ0v) is 11.1. The van der Waals surface area contributed by atoms with Crippen LogP contribution < -0.4 is 15.8 Å². The number of methoxy groups -OCH3 is 1. The van der Waals surface area contributed by atoms with E-state index in [2.05, 4.69) is 10.4 Å². The maximum atomic E-state index is 12.2. The van der Waals surface area contributed by atoms with Gasteiger partial charge in [0.2, 0.25) is 0 Å². The summed E-state index contributed by atoms with van der Waals surface area (Å²) in [5, 5.41) is 6.72. The Labute approximate surface area is 111 Å². The first-order valence-electron chi connectivity index (χ1n) is 5.76. The Morgan fingerprint density at radius 3 is 2.79 bits per heavy atom. The minimum Gasteiger partial charge on any atom is -0.495 e. The lowest BCUT2D eigenvalue weighted by molar-refractivity contribution is 0.101. The maximum Gasteiger partial charge on any atom is 0.276 e. The summed E-state index contributed by atoms with van der Waals surface area (Å²) in [6, 6.07) is 5.55. The Morgan fingerprint density at radius 2 is 2.21 bits per heavy atom. The van der Waals surface area contributed by atoms with Crippen molar-refractivity contribution in [1.29, 1.82) is 0 Å². The van der Waals surface area contributed by atoms with Gasteiger partial charge >= 0.3 is 0 Å². The van der Waals surface area contributed by atoms with Gasteiger partial charge in [-0.25, -0.2) is 0 Å². The molecule has 0 saturated carbocycles. The quantitative estimate of drug-likeness (QED) is 0.877. The highest BCUT2D eigenvalue weighted by molar-refractivity contribution is 6.07. The molecule has 0 unspecified atom stereocenters. The van der Waals surface area contributed by atoms with Gasteiger partial charge in [-0.3, -0.25) is 9.48 Å². The number of amides is 1. The highest BCUT2D eigenvalue weighted by Crippen LogP contribution is 2.26. The third kappa shape index (κ3) is 2.52. The molecule has 1 amide bonds. The first-order chi connectivity index (χ1) is 9.02. The summed E-state index contributed by atoms with van der Waals surface area (Å²) in [7, 11) is 3.22. The van der Waals surface area contributed by atoms with Crippen LogP contribution in [0.25, 0.3) is 0 Å². The summed E-state index contributed by atoms with van der Waals surface area (Å²) in [4.78, 5) is 12.2. The van der Waals surface area contributed by atoms with E-state index in [0.717, 1.165) is 5.56 Å². The van der Waals surface area contributed by atoms with Crippen LogP contribution in [-0.2, 0) is 7.05 Å². The number of rotatable bonds is 3. The van der Waals surface area contributed by atoms with Gasteiger partial charge in [-0.15, -0.1) is 0 Å². The third-order valence-corrected chi connectivity index (χ3v) is 2.79. The lowest BCUT2D eigenvalue weighted by Crippen LogP contribution is -2.18. The number of nitrogen functional groups attached to an aromatic ring is 1. The zero-order chi connectivity index (χ0) is 14.0. The second-order valence-electron chi connectivity index (χ2n) is 4.23. The number of aromatic nitrogens is 2. The molecule has 0 aliphatic heterocycles. The molecule has 3 N–H and O–H groups in total. The van der Waals surface area contributed by atoms with Crippen LogP contribution in [0.1, 0.15) is 16.1 Å².